The number of anilines is 1. The van der Waals surface area contributed by atoms with E-state index in [9.17, 15) is 17.6 Å². The first kappa shape index (κ1) is 14.4. The molecule has 0 bridgehead atoms. The fraction of sp³-hybridized carbons (Fsp3) is 0.100. The average Bonchev–Trinajstić information content (AvgIpc) is 2.30. The quantitative estimate of drug-likeness (QED) is 0.340. The van der Waals surface area contributed by atoms with Crippen molar-refractivity contribution in [1.82, 2.24) is 0 Å². The van der Waals surface area contributed by atoms with Crippen LogP contribution in [0.25, 0.3) is 0 Å². The van der Waals surface area contributed by atoms with Gasteiger partial charge in [-0.25, -0.2) is 4.39 Å². The van der Waals surface area contributed by atoms with Crippen LogP contribution in [0.1, 0.15) is 5.56 Å². The van der Waals surface area contributed by atoms with E-state index in [1.807, 2.05) is 5.43 Å². The van der Waals surface area contributed by atoms with Gasteiger partial charge in [-0.15, -0.1) is 0 Å². The Morgan fingerprint density at radius 3 is 2.53 bits per heavy atom. The van der Waals surface area contributed by atoms with Gasteiger partial charge in [0.2, 0.25) is 5.71 Å². The highest BCUT2D eigenvalue weighted by atomic mass is 19.4. The summed E-state index contributed by atoms with van der Waals surface area (Å²) in [5, 5.41) is 18.7. The molecule has 0 spiro atoms. The minimum atomic E-state index is -4.63. The SMILES string of the molecule is N#C/C(=N\Nc1cc(C(F)(F)F)ccc1F)C(=N)N. The van der Waals surface area contributed by atoms with Gasteiger partial charge in [-0.3, -0.25) is 10.8 Å². The van der Waals surface area contributed by atoms with Crippen molar-refractivity contribution in [3.05, 3.63) is 29.6 Å². The van der Waals surface area contributed by atoms with Crippen molar-refractivity contribution in [1.29, 1.82) is 10.7 Å². The summed E-state index contributed by atoms with van der Waals surface area (Å²) < 4.78 is 50.4. The monoisotopic (exact) mass is 273 g/mol. The van der Waals surface area contributed by atoms with Gasteiger partial charge < -0.3 is 5.73 Å². The number of alkyl halides is 3. The van der Waals surface area contributed by atoms with Crippen LogP contribution in [0.2, 0.25) is 0 Å². The number of nitrogens with two attached hydrogens (primary N) is 1. The summed E-state index contributed by atoms with van der Waals surface area (Å²) in [7, 11) is 0. The van der Waals surface area contributed by atoms with Gasteiger partial charge >= 0.3 is 6.18 Å². The highest BCUT2D eigenvalue weighted by molar-refractivity contribution is 6.45. The number of benzene rings is 1. The van der Waals surface area contributed by atoms with Crippen LogP contribution in [-0.4, -0.2) is 11.5 Å². The van der Waals surface area contributed by atoms with Crippen molar-refractivity contribution in [3.63, 3.8) is 0 Å². The Balaban J connectivity index is 3.09. The largest absolute Gasteiger partial charge is 0.416 e. The molecule has 0 aliphatic rings. The Morgan fingerprint density at radius 1 is 1.42 bits per heavy atom. The van der Waals surface area contributed by atoms with Gasteiger partial charge in [0, 0.05) is 0 Å². The van der Waals surface area contributed by atoms with Crippen LogP contribution >= 0.6 is 0 Å². The lowest BCUT2D eigenvalue weighted by Crippen LogP contribution is -2.22. The molecule has 0 fully saturated rings. The molecule has 1 rings (SSSR count). The number of amidine groups is 1. The van der Waals surface area contributed by atoms with Crippen LogP contribution in [0.5, 0.6) is 0 Å². The van der Waals surface area contributed by atoms with Crippen LogP contribution in [0, 0.1) is 22.6 Å². The number of hydrogen-bond donors (Lipinski definition) is 3. The van der Waals surface area contributed by atoms with Crippen LogP contribution in [0.3, 0.4) is 0 Å². The number of rotatable bonds is 3. The van der Waals surface area contributed by atoms with Gasteiger partial charge in [-0.2, -0.15) is 23.5 Å². The molecule has 1 aromatic rings. The number of halogens is 4. The maximum absolute atomic E-state index is 13.2. The highest BCUT2D eigenvalue weighted by Gasteiger charge is 2.31. The van der Waals surface area contributed by atoms with Crippen LogP contribution < -0.4 is 11.2 Å². The molecule has 0 aliphatic carbocycles. The van der Waals surface area contributed by atoms with Gasteiger partial charge in [0.15, 0.2) is 5.84 Å². The van der Waals surface area contributed by atoms with Gasteiger partial charge in [-0.05, 0) is 18.2 Å². The molecule has 0 atom stereocenters. The normalized spacial score (nSPS) is 11.8. The Bertz CT molecular complexity index is 570. The predicted octanol–water partition coefficient (Wildman–Crippen LogP) is 2.07. The number of nitrogens with zero attached hydrogens (tertiary/aromatic N) is 2. The molecular weight excluding hydrogens is 266 g/mol. The Kier molecular flexibility index (Phi) is 4.06. The van der Waals surface area contributed by atoms with E-state index in [1.165, 1.54) is 6.07 Å². The molecule has 0 amide bonds. The Labute approximate surface area is 104 Å². The molecule has 4 N–H and O–H groups in total. The van der Waals surface area contributed by atoms with E-state index in [4.69, 9.17) is 16.4 Å². The lowest BCUT2D eigenvalue weighted by Gasteiger charge is -2.09. The van der Waals surface area contributed by atoms with Crippen molar-refractivity contribution in [2.24, 2.45) is 10.8 Å². The summed E-state index contributed by atoms with van der Waals surface area (Å²) in [5.41, 5.74) is 4.66. The van der Waals surface area contributed by atoms with E-state index < -0.39 is 34.8 Å². The molecule has 0 unspecified atom stereocenters. The van der Waals surface area contributed by atoms with E-state index in [-0.39, 0.29) is 0 Å². The number of nitrogens with one attached hydrogen (secondary N) is 2. The lowest BCUT2D eigenvalue weighted by molar-refractivity contribution is -0.137. The first-order valence-corrected chi connectivity index (χ1v) is 4.70. The summed E-state index contributed by atoms with van der Waals surface area (Å²) in [6.45, 7) is 0. The second kappa shape index (κ2) is 5.34. The van der Waals surface area contributed by atoms with Crippen LogP contribution in [0.15, 0.2) is 23.3 Å². The van der Waals surface area contributed by atoms with Crippen LogP contribution in [0.4, 0.5) is 23.2 Å². The zero-order valence-electron chi connectivity index (χ0n) is 9.22. The maximum Gasteiger partial charge on any atom is 0.416 e. The molecule has 0 aromatic heterocycles. The third-order valence-electron chi connectivity index (χ3n) is 1.94. The van der Waals surface area contributed by atoms with E-state index in [0.717, 1.165) is 0 Å². The molecule has 0 radical (unpaired) electrons. The topological polar surface area (TPSA) is 98.0 Å². The molecule has 0 aliphatic heterocycles. The zero-order chi connectivity index (χ0) is 14.6. The maximum atomic E-state index is 13.2. The predicted molar refractivity (Wildman–Crippen MR) is 60.0 cm³/mol. The number of hydrazone groups is 1. The van der Waals surface area contributed by atoms with Crippen LogP contribution in [-0.2, 0) is 6.18 Å². The molecule has 0 heterocycles. The second-order valence-electron chi connectivity index (χ2n) is 3.29. The second-order valence-corrected chi connectivity index (χ2v) is 3.29. The standard InChI is InChI=1S/C10H7F4N5/c11-6-2-1-5(10(12,13)14)3-7(6)18-19-8(4-15)9(16)17/h1-3,18H,(H3,16,17)/b19-8+. The first-order valence-electron chi connectivity index (χ1n) is 4.70. The molecule has 9 heteroatoms. The summed E-state index contributed by atoms with van der Waals surface area (Å²) in [6.07, 6.45) is -4.63. The van der Waals surface area contributed by atoms with Crippen molar-refractivity contribution in [2.45, 2.75) is 6.18 Å². The number of nitriles is 1. The summed E-state index contributed by atoms with van der Waals surface area (Å²) >= 11 is 0. The van der Waals surface area contributed by atoms with Crippen molar-refractivity contribution >= 4 is 17.2 Å². The van der Waals surface area contributed by atoms with E-state index >= 15 is 0 Å². The minimum absolute atomic E-state index is 0.494. The molecule has 1 aromatic carbocycles. The molecule has 0 saturated heterocycles. The lowest BCUT2D eigenvalue weighted by atomic mass is 10.2. The third-order valence-corrected chi connectivity index (χ3v) is 1.94. The van der Waals surface area contributed by atoms with E-state index in [2.05, 4.69) is 5.10 Å². The zero-order valence-corrected chi connectivity index (χ0v) is 9.22. The van der Waals surface area contributed by atoms with Crippen molar-refractivity contribution < 1.29 is 17.6 Å². The first-order chi connectivity index (χ1) is 8.75. The molecule has 5 nitrogen and oxygen atoms in total. The van der Waals surface area contributed by atoms with E-state index in [1.54, 1.807) is 0 Å². The van der Waals surface area contributed by atoms with Gasteiger partial charge in [-0.1, -0.05) is 0 Å². The van der Waals surface area contributed by atoms with Gasteiger partial charge in [0.25, 0.3) is 0 Å². The summed E-state index contributed by atoms with van der Waals surface area (Å²) in [5.74, 6) is -1.68. The number of hydrogen-bond acceptors (Lipinski definition) is 4. The Morgan fingerprint density at radius 2 is 2.05 bits per heavy atom. The van der Waals surface area contributed by atoms with Gasteiger partial charge in [0.05, 0.1) is 11.3 Å². The molecule has 19 heavy (non-hydrogen) atoms. The fourth-order valence-corrected chi connectivity index (χ4v) is 1.05. The summed E-state index contributed by atoms with van der Waals surface area (Å²) in [4.78, 5) is 0. The minimum Gasteiger partial charge on any atom is -0.382 e. The highest BCUT2D eigenvalue weighted by Crippen LogP contribution is 2.31. The molecular formula is C10H7F4N5. The average molecular weight is 273 g/mol. The summed E-state index contributed by atoms with van der Waals surface area (Å²) in [6, 6.07) is 3.10. The molecule has 100 valence electrons. The Hall–Kier alpha value is -2.63. The third kappa shape index (κ3) is 3.67. The smallest absolute Gasteiger partial charge is 0.382 e. The van der Waals surface area contributed by atoms with Crippen molar-refractivity contribution in [2.75, 3.05) is 5.43 Å². The van der Waals surface area contributed by atoms with Gasteiger partial charge in [0.1, 0.15) is 11.9 Å². The van der Waals surface area contributed by atoms with Crippen molar-refractivity contribution in [3.8, 4) is 6.07 Å². The molecule has 0 saturated carbocycles. The fourth-order valence-electron chi connectivity index (χ4n) is 1.05. The van der Waals surface area contributed by atoms with E-state index in [0.29, 0.717) is 18.2 Å².